The van der Waals surface area contributed by atoms with Gasteiger partial charge in [0.1, 0.15) is 0 Å². The van der Waals surface area contributed by atoms with Crippen LogP contribution in [0, 0.1) is 5.92 Å². The molecular formula is C12H25N. The van der Waals surface area contributed by atoms with E-state index >= 15 is 0 Å². The molecule has 0 heterocycles. The highest BCUT2D eigenvalue weighted by molar-refractivity contribution is 4.88. The maximum atomic E-state index is 3.93. The predicted molar refractivity (Wildman–Crippen MR) is 61.0 cm³/mol. The molecule has 0 fully saturated rings. The molecule has 0 aliphatic rings. The summed E-state index contributed by atoms with van der Waals surface area (Å²) in [6.07, 6.45) is 3.74. The number of rotatable bonds is 7. The van der Waals surface area contributed by atoms with Gasteiger partial charge in [0.25, 0.3) is 0 Å². The molecule has 0 saturated heterocycles. The van der Waals surface area contributed by atoms with E-state index in [1.165, 1.54) is 24.8 Å². The fourth-order valence-electron chi connectivity index (χ4n) is 1.65. The third-order valence-corrected chi connectivity index (χ3v) is 2.37. The van der Waals surface area contributed by atoms with E-state index in [9.17, 15) is 0 Å². The number of hydrogen-bond donors (Lipinski definition) is 1. The molecule has 1 N–H and O–H groups in total. The van der Waals surface area contributed by atoms with Crippen molar-refractivity contribution in [3.05, 3.63) is 12.2 Å². The van der Waals surface area contributed by atoms with E-state index in [0.717, 1.165) is 12.5 Å². The van der Waals surface area contributed by atoms with Crippen molar-refractivity contribution in [3.8, 4) is 0 Å². The van der Waals surface area contributed by atoms with Crippen LogP contribution in [-0.4, -0.2) is 12.6 Å². The Balaban J connectivity index is 3.48. The summed E-state index contributed by atoms with van der Waals surface area (Å²) >= 11 is 0. The molecule has 0 aliphatic heterocycles. The van der Waals surface area contributed by atoms with Crippen molar-refractivity contribution in [2.24, 2.45) is 5.92 Å². The van der Waals surface area contributed by atoms with Gasteiger partial charge in [0.15, 0.2) is 0 Å². The molecule has 0 amide bonds. The van der Waals surface area contributed by atoms with Gasteiger partial charge in [-0.2, -0.15) is 0 Å². The Hall–Kier alpha value is -0.300. The van der Waals surface area contributed by atoms with Crippen molar-refractivity contribution in [1.82, 2.24) is 5.32 Å². The zero-order chi connectivity index (χ0) is 10.3. The highest BCUT2D eigenvalue weighted by Gasteiger charge is 2.07. The van der Waals surface area contributed by atoms with E-state index < -0.39 is 0 Å². The van der Waals surface area contributed by atoms with Gasteiger partial charge in [0.05, 0.1) is 0 Å². The van der Waals surface area contributed by atoms with E-state index in [1.807, 2.05) is 0 Å². The van der Waals surface area contributed by atoms with Crippen LogP contribution < -0.4 is 5.32 Å². The van der Waals surface area contributed by atoms with Crippen LogP contribution in [0.25, 0.3) is 0 Å². The Labute approximate surface area is 83.6 Å². The van der Waals surface area contributed by atoms with Gasteiger partial charge >= 0.3 is 0 Å². The van der Waals surface area contributed by atoms with Crippen LogP contribution in [0.15, 0.2) is 12.2 Å². The van der Waals surface area contributed by atoms with Gasteiger partial charge in [0.2, 0.25) is 0 Å². The minimum absolute atomic E-state index is 0.658. The van der Waals surface area contributed by atoms with Crippen LogP contribution >= 0.6 is 0 Å². The molecule has 0 aromatic rings. The van der Waals surface area contributed by atoms with Crippen molar-refractivity contribution >= 4 is 0 Å². The van der Waals surface area contributed by atoms with E-state index in [1.54, 1.807) is 0 Å². The topological polar surface area (TPSA) is 12.0 Å². The summed E-state index contributed by atoms with van der Waals surface area (Å²) < 4.78 is 0. The Morgan fingerprint density at radius 1 is 1.38 bits per heavy atom. The van der Waals surface area contributed by atoms with Crippen LogP contribution in [0.4, 0.5) is 0 Å². The largest absolute Gasteiger partial charge is 0.315 e. The Kier molecular flexibility index (Phi) is 6.97. The van der Waals surface area contributed by atoms with Gasteiger partial charge in [0, 0.05) is 6.04 Å². The first-order valence-electron chi connectivity index (χ1n) is 5.44. The molecule has 1 heteroatoms. The summed E-state index contributed by atoms with van der Waals surface area (Å²) in [7, 11) is 0. The lowest BCUT2D eigenvalue weighted by atomic mass is 9.96. The molecule has 0 radical (unpaired) electrons. The molecule has 13 heavy (non-hydrogen) atoms. The summed E-state index contributed by atoms with van der Waals surface area (Å²) in [4.78, 5) is 0. The fourth-order valence-corrected chi connectivity index (χ4v) is 1.65. The molecule has 0 rings (SSSR count). The summed E-state index contributed by atoms with van der Waals surface area (Å²) in [5.41, 5.74) is 1.31. The lowest BCUT2D eigenvalue weighted by Crippen LogP contribution is -2.27. The monoisotopic (exact) mass is 183 g/mol. The van der Waals surface area contributed by atoms with Gasteiger partial charge in [-0.15, -0.1) is 6.58 Å². The molecule has 0 bridgehead atoms. The van der Waals surface area contributed by atoms with Gasteiger partial charge in [-0.05, 0) is 45.6 Å². The normalized spacial score (nSPS) is 15.4. The van der Waals surface area contributed by atoms with Gasteiger partial charge in [-0.3, -0.25) is 0 Å². The lowest BCUT2D eigenvalue weighted by molar-refractivity contribution is 0.408. The second-order valence-corrected chi connectivity index (χ2v) is 4.30. The highest BCUT2D eigenvalue weighted by atomic mass is 14.9. The van der Waals surface area contributed by atoms with Crippen LogP contribution in [-0.2, 0) is 0 Å². The summed E-state index contributed by atoms with van der Waals surface area (Å²) in [5, 5.41) is 3.44. The third-order valence-electron chi connectivity index (χ3n) is 2.37. The third kappa shape index (κ3) is 8.04. The van der Waals surface area contributed by atoms with Crippen molar-refractivity contribution in [2.45, 2.75) is 53.0 Å². The molecule has 2 atom stereocenters. The Morgan fingerprint density at radius 2 is 2.00 bits per heavy atom. The summed E-state index contributed by atoms with van der Waals surface area (Å²) in [5.74, 6) is 0.811. The summed E-state index contributed by atoms with van der Waals surface area (Å²) in [6.45, 7) is 13.9. The van der Waals surface area contributed by atoms with Gasteiger partial charge in [-0.1, -0.05) is 19.4 Å². The first-order chi connectivity index (χ1) is 6.06. The first kappa shape index (κ1) is 12.7. The molecule has 0 aromatic heterocycles. The molecule has 0 aliphatic carbocycles. The maximum Gasteiger partial charge on any atom is 0.00411 e. The molecule has 1 nitrogen and oxygen atoms in total. The van der Waals surface area contributed by atoms with E-state index in [2.05, 4.69) is 39.6 Å². The smallest absolute Gasteiger partial charge is 0.00411 e. The minimum atomic E-state index is 0.658. The average Bonchev–Trinajstić information content (AvgIpc) is 2.01. The maximum absolute atomic E-state index is 3.93. The van der Waals surface area contributed by atoms with Gasteiger partial charge in [-0.25, -0.2) is 0 Å². The second kappa shape index (κ2) is 7.14. The molecule has 0 spiro atoms. The van der Waals surface area contributed by atoms with Crippen LogP contribution in [0.1, 0.15) is 47.0 Å². The second-order valence-electron chi connectivity index (χ2n) is 4.30. The molecule has 0 saturated carbocycles. The van der Waals surface area contributed by atoms with Crippen LogP contribution in [0.3, 0.4) is 0 Å². The highest BCUT2D eigenvalue weighted by Crippen LogP contribution is 2.15. The SMILES string of the molecule is C=C(C)CCC(C)CC(C)NCC. The molecule has 0 aromatic carbocycles. The number of allylic oxidation sites excluding steroid dienone is 1. The van der Waals surface area contributed by atoms with Crippen LogP contribution in [0.2, 0.25) is 0 Å². The zero-order valence-corrected chi connectivity index (χ0v) is 9.69. The Morgan fingerprint density at radius 3 is 2.46 bits per heavy atom. The Bertz CT molecular complexity index is 140. The van der Waals surface area contributed by atoms with Crippen molar-refractivity contribution in [3.63, 3.8) is 0 Å². The molecule has 2 unspecified atom stereocenters. The van der Waals surface area contributed by atoms with Gasteiger partial charge < -0.3 is 5.32 Å². The van der Waals surface area contributed by atoms with Crippen molar-refractivity contribution < 1.29 is 0 Å². The zero-order valence-electron chi connectivity index (χ0n) is 9.69. The fraction of sp³-hybridized carbons (Fsp3) is 0.833. The average molecular weight is 183 g/mol. The number of hydrogen-bond acceptors (Lipinski definition) is 1. The lowest BCUT2D eigenvalue weighted by Gasteiger charge is -2.17. The standard InChI is InChI=1S/C12H25N/c1-6-13-12(5)9-11(4)8-7-10(2)3/h11-13H,2,6-9H2,1,3-5H3. The minimum Gasteiger partial charge on any atom is -0.315 e. The van der Waals surface area contributed by atoms with E-state index in [-0.39, 0.29) is 0 Å². The molecular weight excluding hydrogens is 158 g/mol. The summed E-state index contributed by atoms with van der Waals surface area (Å²) in [6, 6.07) is 0.658. The van der Waals surface area contributed by atoms with E-state index in [4.69, 9.17) is 0 Å². The van der Waals surface area contributed by atoms with Crippen molar-refractivity contribution in [1.29, 1.82) is 0 Å². The quantitative estimate of drug-likeness (QED) is 0.597. The van der Waals surface area contributed by atoms with Crippen LogP contribution in [0.5, 0.6) is 0 Å². The van der Waals surface area contributed by atoms with E-state index in [0.29, 0.717) is 6.04 Å². The molecule has 78 valence electrons. The predicted octanol–water partition coefficient (Wildman–Crippen LogP) is 3.37. The van der Waals surface area contributed by atoms with Crippen molar-refractivity contribution in [2.75, 3.05) is 6.54 Å². The first-order valence-corrected chi connectivity index (χ1v) is 5.44. The number of nitrogens with one attached hydrogen (secondary N) is 1.